The summed E-state index contributed by atoms with van der Waals surface area (Å²) in [6, 6.07) is 11.9. The predicted octanol–water partition coefficient (Wildman–Crippen LogP) is 2.65. The molecule has 1 fully saturated rings. The summed E-state index contributed by atoms with van der Waals surface area (Å²) in [5.74, 6) is 0.429. The molecule has 0 bridgehead atoms. The highest BCUT2D eigenvalue weighted by molar-refractivity contribution is 5.89. The van der Waals surface area contributed by atoms with E-state index in [-0.39, 0.29) is 30.1 Å². The lowest BCUT2D eigenvalue weighted by Crippen LogP contribution is -2.38. The van der Waals surface area contributed by atoms with Crippen molar-refractivity contribution in [3.63, 3.8) is 0 Å². The molecule has 3 rings (SSSR count). The Hall–Kier alpha value is -3.13. The second-order valence-electron chi connectivity index (χ2n) is 8.46. The van der Waals surface area contributed by atoms with Crippen molar-refractivity contribution in [3.8, 4) is 11.5 Å². The maximum atomic E-state index is 13.6. The number of carbonyl (C=O) groups is 2. The van der Waals surface area contributed by atoms with Crippen LogP contribution in [0.15, 0.2) is 42.5 Å². The predicted molar refractivity (Wildman–Crippen MR) is 124 cm³/mol. The first kappa shape index (κ1) is 24.5. The lowest BCUT2D eigenvalue weighted by molar-refractivity contribution is -0.129. The molecular formula is C25H32FN3O4. The van der Waals surface area contributed by atoms with Gasteiger partial charge in [-0.2, -0.15) is 0 Å². The topological polar surface area (TPSA) is 71.1 Å². The van der Waals surface area contributed by atoms with E-state index in [0.29, 0.717) is 37.6 Å². The fourth-order valence-corrected chi connectivity index (χ4v) is 4.12. The molecule has 7 nitrogen and oxygen atoms in total. The van der Waals surface area contributed by atoms with Crippen molar-refractivity contribution in [1.29, 1.82) is 0 Å². The van der Waals surface area contributed by atoms with Gasteiger partial charge in [0, 0.05) is 26.1 Å². The van der Waals surface area contributed by atoms with E-state index in [9.17, 15) is 14.0 Å². The second-order valence-corrected chi connectivity index (χ2v) is 8.46. The van der Waals surface area contributed by atoms with E-state index in [2.05, 4.69) is 5.32 Å². The number of benzene rings is 2. The molecule has 2 amide bonds. The summed E-state index contributed by atoms with van der Waals surface area (Å²) in [7, 11) is 6.95. The Labute approximate surface area is 194 Å². The van der Waals surface area contributed by atoms with Crippen LogP contribution in [-0.4, -0.2) is 69.6 Å². The molecule has 178 valence electrons. The maximum Gasteiger partial charge on any atom is 0.225 e. The zero-order valence-electron chi connectivity index (χ0n) is 19.6. The number of methoxy groups -OCH3 is 2. The lowest BCUT2D eigenvalue weighted by Gasteiger charge is -2.25. The van der Waals surface area contributed by atoms with Gasteiger partial charge in [0.25, 0.3) is 0 Å². The van der Waals surface area contributed by atoms with Crippen molar-refractivity contribution in [3.05, 3.63) is 59.4 Å². The van der Waals surface area contributed by atoms with Gasteiger partial charge in [0.05, 0.1) is 26.2 Å². The molecule has 2 unspecified atom stereocenters. The van der Waals surface area contributed by atoms with Gasteiger partial charge >= 0.3 is 0 Å². The van der Waals surface area contributed by atoms with Crippen LogP contribution in [0.1, 0.15) is 23.6 Å². The van der Waals surface area contributed by atoms with Gasteiger partial charge in [0.1, 0.15) is 5.82 Å². The number of nitrogens with one attached hydrogen (secondary N) is 1. The summed E-state index contributed by atoms with van der Waals surface area (Å²) in [6.07, 6.45) is 0.854. The van der Waals surface area contributed by atoms with Gasteiger partial charge in [0.15, 0.2) is 11.5 Å². The molecule has 0 saturated carbocycles. The van der Waals surface area contributed by atoms with Crippen molar-refractivity contribution in [2.45, 2.75) is 18.9 Å². The fraction of sp³-hybridized carbons (Fsp3) is 0.440. The monoisotopic (exact) mass is 457 g/mol. The summed E-state index contributed by atoms with van der Waals surface area (Å²) in [4.78, 5) is 28.9. The molecule has 1 heterocycles. The Morgan fingerprint density at radius 1 is 1.18 bits per heavy atom. The van der Waals surface area contributed by atoms with Crippen LogP contribution in [0.25, 0.3) is 0 Å². The number of nitrogens with zero attached hydrogens (tertiary/aromatic N) is 2. The molecule has 2 aromatic carbocycles. The van der Waals surface area contributed by atoms with E-state index >= 15 is 0 Å². The standard InChI is InChI=1S/C25H32FN3O4/c1-28(2)21(18-6-5-7-20(26)13-18)15-27-25(31)19-14-24(30)29(16-19)11-10-17-8-9-22(32-3)23(12-17)33-4/h5-9,12-13,19,21H,10-11,14-16H2,1-4H3,(H,27,31). The highest BCUT2D eigenvalue weighted by atomic mass is 19.1. The van der Waals surface area contributed by atoms with Crippen molar-refractivity contribution in [2.24, 2.45) is 5.92 Å². The van der Waals surface area contributed by atoms with Gasteiger partial charge < -0.3 is 24.6 Å². The van der Waals surface area contributed by atoms with Crippen molar-refractivity contribution >= 4 is 11.8 Å². The summed E-state index contributed by atoms with van der Waals surface area (Å²) in [5, 5.41) is 2.95. The zero-order chi connectivity index (χ0) is 24.0. The molecular weight excluding hydrogens is 425 g/mol. The van der Waals surface area contributed by atoms with Crippen molar-refractivity contribution in [1.82, 2.24) is 15.1 Å². The Kier molecular flexibility index (Phi) is 8.27. The number of rotatable bonds is 10. The van der Waals surface area contributed by atoms with Crippen LogP contribution in [0.3, 0.4) is 0 Å². The molecule has 0 radical (unpaired) electrons. The van der Waals surface area contributed by atoms with Gasteiger partial charge in [-0.05, 0) is 55.9 Å². The van der Waals surface area contributed by atoms with Crippen LogP contribution < -0.4 is 14.8 Å². The first-order valence-corrected chi connectivity index (χ1v) is 11.0. The quantitative estimate of drug-likeness (QED) is 0.594. The molecule has 0 aliphatic carbocycles. The first-order chi connectivity index (χ1) is 15.8. The van der Waals surface area contributed by atoms with Crippen molar-refractivity contribution < 1.29 is 23.5 Å². The van der Waals surface area contributed by atoms with Crippen molar-refractivity contribution in [2.75, 3.05) is 47.9 Å². The summed E-state index contributed by atoms with van der Waals surface area (Å²) in [5.41, 5.74) is 1.82. The van der Waals surface area contributed by atoms with Crippen LogP contribution in [0.2, 0.25) is 0 Å². The molecule has 1 saturated heterocycles. The summed E-state index contributed by atoms with van der Waals surface area (Å²) < 4.78 is 24.2. The summed E-state index contributed by atoms with van der Waals surface area (Å²) in [6.45, 7) is 1.26. The van der Waals surface area contributed by atoms with Gasteiger partial charge in [0.2, 0.25) is 11.8 Å². The Bertz CT molecular complexity index is 982. The van der Waals surface area contributed by atoms with E-state index in [1.807, 2.05) is 43.3 Å². The molecule has 8 heteroatoms. The average molecular weight is 458 g/mol. The molecule has 1 aliphatic rings. The number of hydrogen-bond donors (Lipinski definition) is 1. The largest absolute Gasteiger partial charge is 0.493 e. The number of hydrogen-bond acceptors (Lipinski definition) is 5. The third-order valence-corrected chi connectivity index (χ3v) is 6.03. The Morgan fingerprint density at radius 3 is 2.61 bits per heavy atom. The molecule has 2 aromatic rings. The van der Waals surface area contributed by atoms with E-state index in [1.165, 1.54) is 12.1 Å². The first-order valence-electron chi connectivity index (χ1n) is 11.0. The third kappa shape index (κ3) is 6.22. The molecule has 0 aromatic heterocycles. The molecule has 33 heavy (non-hydrogen) atoms. The van der Waals surface area contributed by atoms with Gasteiger partial charge in [-0.15, -0.1) is 0 Å². The smallest absolute Gasteiger partial charge is 0.225 e. The number of likely N-dealkylation sites (tertiary alicyclic amines) is 1. The van der Waals surface area contributed by atoms with Crippen LogP contribution in [-0.2, 0) is 16.0 Å². The highest BCUT2D eigenvalue weighted by Crippen LogP contribution is 2.28. The minimum atomic E-state index is -0.391. The Balaban J connectivity index is 1.54. The van der Waals surface area contributed by atoms with Crippen LogP contribution >= 0.6 is 0 Å². The highest BCUT2D eigenvalue weighted by Gasteiger charge is 2.34. The lowest BCUT2D eigenvalue weighted by atomic mass is 10.0. The van der Waals surface area contributed by atoms with E-state index in [4.69, 9.17) is 9.47 Å². The van der Waals surface area contributed by atoms with Gasteiger partial charge in [-0.25, -0.2) is 4.39 Å². The van der Waals surface area contributed by atoms with E-state index in [0.717, 1.165) is 11.1 Å². The third-order valence-electron chi connectivity index (χ3n) is 6.03. The summed E-state index contributed by atoms with van der Waals surface area (Å²) >= 11 is 0. The van der Waals surface area contributed by atoms with Crippen LogP contribution in [0, 0.1) is 11.7 Å². The van der Waals surface area contributed by atoms with E-state index in [1.54, 1.807) is 25.2 Å². The van der Waals surface area contributed by atoms with Gasteiger partial charge in [-0.3, -0.25) is 9.59 Å². The number of amides is 2. The number of carbonyl (C=O) groups excluding carboxylic acids is 2. The van der Waals surface area contributed by atoms with Gasteiger partial charge in [-0.1, -0.05) is 18.2 Å². The molecule has 1 N–H and O–H groups in total. The SMILES string of the molecule is COc1ccc(CCN2CC(C(=O)NCC(c3cccc(F)c3)N(C)C)CC2=O)cc1OC. The molecule has 0 spiro atoms. The minimum absolute atomic E-state index is 0.0232. The maximum absolute atomic E-state index is 13.6. The molecule has 1 aliphatic heterocycles. The molecule has 2 atom stereocenters. The zero-order valence-corrected chi connectivity index (χ0v) is 19.6. The minimum Gasteiger partial charge on any atom is -0.493 e. The second kappa shape index (κ2) is 11.1. The van der Waals surface area contributed by atoms with Crippen LogP contribution in [0.4, 0.5) is 4.39 Å². The number of likely N-dealkylation sites (N-methyl/N-ethyl adjacent to an activating group) is 1. The average Bonchev–Trinajstić information content (AvgIpc) is 3.17. The fourth-order valence-electron chi connectivity index (χ4n) is 4.12. The van der Waals surface area contributed by atoms with Crippen LogP contribution in [0.5, 0.6) is 11.5 Å². The number of ether oxygens (including phenoxy) is 2. The normalized spacial score (nSPS) is 16.7. The Morgan fingerprint density at radius 2 is 1.94 bits per heavy atom. The van der Waals surface area contributed by atoms with E-state index < -0.39 is 5.92 Å². The number of halogens is 1.